The number of aliphatic carboxylic acids is 2. The molecule has 0 saturated carbocycles. The van der Waals surface area contributed by atoms with Crippen molar-refractivity contribution in [3.05, 3.63) is 59.7 Å². The fourth-order valence-corrected chi connectivity index (χ4v) is 9.03. The smallest absolute Gasteiger partial charge is 0.326 e. The van der Waals surface area contributed by atoms with Crippen molar-refractivity contribution in [1.82, 2.24) is 42.5 Å². The van der Waals surface area contributed by atoms with Crippen LogP contribution in [0.2, 0.25) is 0 Å². The van der Waals surface area contributed by atoms with Gasteiger partial charge in [0.15, 0.2) is 5.96 Å². The highest BCUT2D eigenvalue weighted by atomic mass is 32.2. The Labute approximate surface area is 513 Å². The van der Waals surface area contributed by atoms with E-state index in [1.54, 1.807) is 20.1 Å². The van der Waals surface area contributed by atoms with Gasteiger partial charge in [0.05, 0.1) is 6.04 Å². The summed E-state index contributed by atoms with van der Waals surface area (Å²) in [5.41, 5.74) is 33.8. The zero-order valence-electron chi connectivity index (χ0n) is 49.6. The molecule has 2 aromatic rings. The van der Waals surface area contributed by atoms with Crippen LogP contribution in [0.4, 0.5) is 0 Å². The topological polar surface area (TPSA) is 550 Å². The number of primary amides is 2. The number of nitrogens with zero attached hydrogens (tertiary/aromatic N) is 1. The minimum Gasteiger partial charge on any atom is -0.508 e. The Hall–Kier alpha value is -8.78. The molecule has 2 aromatic carbocycles. The molecule has 10 amide bonds. The number of carbonyl (C=O) groups excluding carboxylic acids is 10. The number of rotatable bonds is 43. The lowest BCUT2D eigenvalue weighted by Gasteiger charge is -2.30. The monoisotopic (exact) mass is 1260 g/mol. The third-order valence-electron chi connectivity index (χ3n) is 13.8. The van der Waals surface area contributed by atoms with E-state index in [4.69, 9.17) is 34.4 Å². The molecule has 0 saturated heterocycles. The molecule has 0 aliphatic rings. The van der Waals surface area contributed by atoms with Crippen LogP contribution in [0.5, 0.6) is 11.5 Å². The van der Waals surface area contributed by atoms with Crippen LogP contribution in [0.25, 0.3) is 0 Å². The Morgan fingerprint density at radius 1 is 0.500 bits per heavy atom. The number of carboxylic acid groups (broad SMARTS) is 2. The predicted octanol–water partition coefficient (Wildman–Crippen LogP) is -3.45. The molecule has 0 unspecified atom stereocenters. The van der Waals surface area contributed by atoms with E-state index in [2.05, 4.69) is 47.5 Å². The van der Waals surface area contributed by atoms with E-state index in [1.165, 1.54) is 60.3 Å². The van der Waals surface area contributed by atoms with Gasteiger partial charge in [0.1, 0.15) is 59.8 Å². The maximum absolute atomic E-state index is 14.7. The number of phenolic OH excluding ortho intramolecular Hbond substituents is 2. The van der Waals surface area contributed by atoms with Crippen LogP contribution < -0.4 is 76.9 Å². The molecule has 0 aliphatic heterocycles. The molecule has 0 aliphatic carbocycles. The number of phenols is 2. The van der Waals surface area contributed by atoms with Gasteiger partial charge in [-0.3, -0.25) is 57.7 Å². The van der Waals surface area contributed by atoms with Gasteiger partial charge < -0.3 is 97.4 Å². The molecule has 88 heavy (non-hydrogen) atoms. The predicted molar refractivity (Wildman–Crippen MR) is 324 cm³/mol. The van der Waals surface area contributed by atoms with Crippen molar-refractivity contribution in [2.45, 2.75) is 165 Å². The maximum atomic E-state index is 14.7. The number of carbonyl (C=O) groups is 12. The van der Waals surface area contributed by atoms with Gasteiger partial charge in [-0.15, -0.1) is 0 Å². The lowest BCUT2D eigenvalue weighted by molar-refractivity contribution is -0.142. The van der Waals surface area contributed by atoms with Crippen molar-refractivity contribution in [3.63, 3.8) is 0 Å². The van der Waals surface area contributed by atoms with Crippen molar-refractivity contribution in [3.8, 4) is 11.5 Å². The summed E-state index contributed by atoms with van der Waals surface area (Å²) >= 11 is 1.31. The van der Waals surface area contributed by atoms with E-state index in [0.29, 0.717) is 29.7 Å². The number of unbranched alkanes of at least 4 members (excludes halogenated alkanes) is 1. The van der Waals surface area contributed by atoms with Gasteiger partial charge in [-0.1, -0.05) is 44.5 Å². The first-order valence-electron chi connectivity index (χ1n) is 28.6. The largest absolute Gasteiger partial charge is 0.508 e. The Kier molecular flexibility index (Phi) is 34.1. The van der Waals surface area contributed by atoms with E-state index in [0.717, 1.165) is 0 Å². The Morgan fingerprint density at radius 3 is 1.34 bits per heavy atom. The molecule has 0 radical (unpaired) electrons. The molecule has 0 fully saturated rings. The second-order valence-electron chi connectivity index (χ2n) is 20.9. The summed E-state index contributed by atoms with van der Waals surface area (Å²) in [6, 6.07) is -2.34. The molecule has 488 valence electrons. The first kappa shape index (κ1) is 75.3. The van der Waals surface area contributed by atoms with Gasteiger partial charge in [0.25, 0.3) is 0 Å². The van der Waals surface area contributed by atoms with Crippen LogP contribution in [-0.2, 0) is 70.4 Å². The molecular weight excluding hydrogens is 1170 g/mol. The Morgan fingerprint density at radius 2 is 0.898 bits per heavy atom. The van der Waals surface area contributed by atoms with Crippen LogP contribution in [-0.4, -0.2) is 177 Å². The van der Waals surface area contributed by atoms with Crippen molar-refractivity contribution in [2.24, 2.45) is 45.3 Å². The van der Waals surface area contributed by atoms with Gasteiger partial charge in [-0.2, -0.15) is 11.8 Å². The number of aromatic hydroxyl groups is 2. The highest BCUT2D eigenvalue weighted by Gasteiger charge is 2.37. The first-order chi connectivity index (χ1) is 41.6. The van der Waals surface area contributed by atoms with Gasteiger partial charge >= 0.3 is 11.9 Å². The molecule has 10 atom stereocenters. The van der Waals surface area contributed by atoms with Crippen LogP contribution >= 0.6 is 11.8 Å². The zero-order valence-corrected chi connectivity index (χ0v) is 50.4. The number of benzene rings is 2. The quantitative estimate of drug-likeness (QED) is 0.0174. The average molecular weight is 1260 g/mol. The Balaban J connectivity index is 2.62. The molecule has 0 spiro atoms. The summed E-state index contributed by atoms with van der Waals surface area (Å²) in [4.78, 5) is 165. The zero-order chi connectivity index (χ0) is 66.0. The SMILES string of the molecule is CC[C@H](C)[C@H](NC(=O)[C@H](Cc1ccc(O)cc1)NC(=O)[C@H](CCC(N)=O)NC(=O)[C@H](CCC(=O)O)NC(=O)[C@H](CCSC)NC(=O)[C@@H](N)CCC(N)=O)C(=O)N[C@@H](Cc1ccc(O)cc1)C(=O)N[C@@H](CCCCN)C(=O)N[C@@H](CCCN=C(N)N)C(=O)O. The third kappa shape index (κ3) is 29.1. The minimum absolute atomic E-state index is 0.00195. The highest BCUT2D eigenvalue weighted by Crippen LogP contribution is 2.17. The lowest BCUT2D eigenvalue weighted by atomic mass is 9.96. The molecule has 0 bridgehead atoms. The van der Waals surface area contributed by atoms with E-state index >= 15 is 0 Å². The standard InChI is InChI=1S/C56H87N15O16S/c1-4-30(2)46(54(85)70-41(28-31-10-14-33(72)15-11-31)52(83)65-36(8-5-6-25-57)48(79)68-40(55(86)87)9-7-26-63-56(61)62)71-53(84)42(29-32-12-16-34(73)17-13-32)69-50(81)37(19-22-44(60)75)66-49(80)38(20-23-45(76)77)67-51(82)39(24-27-88-3)64-47(78)35(58)18-21-43(59)74/h10-17,30,35-42,46,72-73H,4-9,18-29,57-58H2,1-3H3,(H2,59,74)(H2,60,75)(H,64,78)(H,65,83)(H,66,80)(H,67,82)(H,68,79)(H,69,81)(H,70,85)(H,71,84)(H,76,77)(H,86,87)(H4,61,62,63)/t30-,35-,36-,37-,38-,39-,40-,41-,42-,46-/m0/s1. The van der Waals surface area contributed by atoms with Gasteiger partial charge in [-0.05, 0) is 118 Å². The molecule has 32 heteroatoms. The summed E-state index contributed by atoms with van der Waals surface area (Å²) in [6.45, 7) is 3.60. The van der Waals surface area contributed by atoms with Crippen LogP contribution in [0.1, 0.15) is 108 Å². The van der Waals surface area contributed by atoms with Gasteiger partial charge in [0, 0.05) is 38.6 Å². The van der Waals surface area contributed by atoms with Crippen LogP contribution in [0.15, 0.2) is 53.5 Å². The van der Waals surface area contributed by atoms with E-state index in [1.807, 2.05) is 0 Å². The summed E-state index contributed by atoms with van der Waals surface area (Å²) in [5.74, 6) is -13.0. The van der Waals surface area contributed by atoms with Gasteiger partial charge in [-0.25, -0.2) is 4.79 Å². The van der Waals surface area contributed by atoms with Crippen molar-refractivity contribution in [2.75, 3.05) is 25.1 Å². The number of hydrogen-bond donors (Lipinski definition) is 18. The number of thioether (sulfide) groups is 1. The average Bonchev–Trinajstić information content (AvgIpc) is 3.09. The first-order valence-corrected chi connectivity index (χ1v) is 30.0. The fraction of sp³-hybridized carbons (Fsp3) is 0.554. The van der Waals surface area contributed by atoms with Crippen molar-refractivity contribution >= 4 is 88.7 Å². The molecule has 31 nitrogen and oxygen atoms in total. The number of hydrogen-bond acceptors (Lipinski definition) is 18. The maximum Gasteiger partial charge on any atom is 0.326 e. The summed E-state index contributed by atoms with van der Waals surface area (Å²) in [5, 5.41) is 60.0. The van der Waals surface area contributed by atoms with E-state index in [-0.39, 0.29) is 88.3 Å². The number of nitrogens with two attached hydrogens (primary N) is 6. The molecular formula is C56H87N15O16S. The number of aliphatic imine (C=N–C) groups is 1. The number of guanidine groups is 1. The summed E-state index contributed by atoms with van der Waals surface area (Å²) in [7, 11) is 0. The van der Waals surface area contributed by atoms with Crippen LogP contribution in [0, 0.1) is 5.92 Å². The number of nitrogens with one attached hydrogen (secondary N) is 8. The Bertz CT molecular complexity index is 2700. The fourth-order valence-electron chi connectivity index (χ4n) is 8.56. The normalized spacial score (nSPS) is 14.4. The van der Waals surface area contributed by atoms with Gasteiger partial charge in [0.2, 0.25) is 59.1 Å². The second-order valence-corrected chi connectivity index (χ2v) is 21.9. The van der Waals surface area contributed by atoms with Crippen LogP contribution in [0.3, 0.4) is 0 Å². The molecule has 0 heterocycles. The van der Waals surface area contributed by atoms with E-state index < -0.39 is 157 Å². The number of amides is 10. The van der Waals surface area contributed by atoms with E-state index in [9.17, 15) is 78.0 Å². The molecule has 24 N–H and O–H groups in total. The van der Waals surface area contributed by atoms with Crippen molar-refractivity contribution in [1.29, 1.82) is 0 Å². The highest BCUT2D eigenvalue weighted by molar-refractivity contribution is 7.98. The minimum atomic E-state index is -1.73. The third-order valence-corrected chi connectivity index (χ3v) is 14.5. The lowest BCUT2D eigenvalue weighted by Crippen LogP contribution is -2.61. The molecule has 2 rings (SSSR count). The summed E-state index contributed by atoms with van der Waals surface area (Å²) in [6.07, 6.45) is -0.516. The molecule has 0 aromatic heterocycles. The summed E-state index contributed by atoms with van der Waals surface area (Å²) < 4.78 is 0. The number of carboxylic acids is 2. The second kappa shape index (κ2) is 39.8. The van der Waals surface area contributed by atoms with Crippen molar-refractivity contribution < 1.29 is 78.0 Å².